The molecular formula is C13H13N5O2S. The maximum absolute atomic E-state index is 12.5. The molecule has 0 saturated carbocycles. The van der Waals surface area contributed by atoms with Gasteiger partial charge in [0.2, 0.25) is 0 Å². The number of anilines is 2. The summed E-state index contributed by atoms with van der Waals surface area (Å²) in [6, 6.07) is 8.03. The third kappa shape index (κ3) is 2.29. The van der Waals surface area contributed by atoms with E-state index in [1.54, 1.807) is 31.3 Å². The molecule has 3 rings (SSSR count). The lowest BCUT2D eigenvalue weighted by Gasteiger charge is -2.11. The Kier molecular flexibility index (Phi) is 3.02. The van der Waals surface area contributed by atoms with Crippen LogP contribution in [-0.2, 0) is 17.1 Å². The molecule has 0 amide bonds. The zero-order chi connectivity index (χ0) is 15.0. The summed E-state index contributed by atoms with van der Waals surface area (Å²) in [5.74, 6) is 0.371. The molecule has 21 heavy (non-hydrogen) atoms. The van der Waals surface area contributed by atoms with Gasteiger partial charge in [0.1, 0.15) is 10.7 Å². The van der Waals surface area contributed by atoms with Gasteiger partial charge in [0, 0.05) is 30.4 Å². The Morgan fingerprint density at radius 2 is 2.00 bits per heavy atom. The maximum atomic E-state index is 12.5. The molecule has 0 aliphatic heterocycles. The van der Waals surface area contributed by atoms with Crippen LogP contribution in [0.5, 0.6) is 0 Å². The lowest BCUT2D eigenvalue weighted by Crippen LogP contribution is -2.16. The van der Waals surface area contributed by atoms with E-state index in [0.717, 1.165) is 0 Å². The number of nitrogens with two attached hydrogens (primary N) is 1. The molecule has 2 heterocycles. The second-order valence-corrected chi connectivity index (χ2v) is 6.15. The number of aryl methyl sites for hydroxylation is 1. The number of hydrogen-bond acceptors (Lipinski definition) is 5. The van der Waals surface area contributed by atoms with Crippen LogP contribution in [0.25, 0.3) is 10.9 Å². The zero-order valence-electron chi connectivity index (χ0n) is 11.2. The lowest BCUT2D eigenvalue weighted by atomic mass is 10.2. The molecule has 1 aromatic carbocycles. The normalized spacial score (nSPS) is 11.7. The minimum atomic E-state index is -3.78. The summed E-state index contributed by atoms with van der Waals surface area (Å²) in [5, 5.41) is 4.53. The SMILES string of the molecule is Cn1nccc1NS(=O)(=O)c1ccc(N)c2cccnc12. The van der Waals surface area contributed by atoms with Crippen LogP contribution in [0.1, 0.15) is 0 Å². The summed E-state index contributed by atoms with van der Waals surface area (Å²) in [5.41, 5.74) is 6.68. The number of pyridine rings is 1. The molecule has 0 aliphatic carbocycles. The number of nitrogens with zero attached hydrogens (tertiary/aromatic N) is 3. The maximum Gasteiger partial charge on any atom is 0.265 e. The molecule has 7 nitrogen and oxygen atoms in total. The molecule has 0 radical (unpaired) electrons. The van der Waals surface area contributed by atoms with Gasteiger partial charge in [-0.3, -0.25) is 14.4 Å². The Balaban J connectivity index is 2.16. The number of sulfonamides is 1. The van der Waals surface area contributed by atoms with Crippen molar-refractivity contribution in [1.82, 2.24) is 14.8 Å². The average Bonchev–Trinajstić information content (AvgIpc) is 2.84. The molecular weight excluding hydrogens is 290 g/mol. The third-order valence-electron chi connectivity index (χ3n) is 3.12. The van der Waals surface area contributed by atoms with Gasteiger partial charge in [0.05, 0.1) is 11.7 Å². The average molecular weight is 303 g/mol. The van der Waals surface area contributed by atoms with Crippen LogP contribution in [0.3, 0.4) is 0 Å². The predicted molar refractivity (Wildman–Crippen MR) is 80.2 cm³/mol. The molecule has 2 aromatic heterocycles. The highest BCUT2D eigenvalue weighted by Crippen LogP contribution is 2.27. The minimum absolute atomic E-state index is 0.0773. The quantitative estimate of drug-likeness (QED) is 0.711. The highest BCUT2D eigenvalue weighted by molar-refractivity contribution is 7.93. The summed E-state index contributed by atoms with van der Waals surface area (Å²) >= 11 is 0. The fourth-order valence-electron chi connectivity index (χ4n) is 2.05. The number of hydrogen-bond donors (Lipinski definition) is 2. The van der Waals surface area contributed by atoms with Crippen molar-refractivity contribution >= 4 is 32.4 Å². The third-order valence-corrected chi connectivity index (χ3v) is 4.50. The molecule has 0 unspecified atom stereocenters. The van der Waals surface area contributed by atoms with Crippen LogP contribution in [0, 0.1) is 0 Å². The fraction of sp³-hybridized carbons (Fsp3) is 0.0769. The van der Waals surface area contributed by atoms with E-state index in [9.17, 15) is 8.42 Å². The van der Waals surface area contributed by atoms with Gasteiger partial charge in [0.25, 0.3) is 10.0 Å². The Hall–Kier alpha value is -2.61. The first-order chi connectivity index (χ1) is 9.99. The Bertz CT molecular complexity index is 917. The fourth-order valence-corrected chi connectivity index (χ4v) is 3.30. The number of nitrogens with one attached hydrogen (secondary N) is 1. The van der Waals surface area contributed by atoms with Crippen LogP contribution >= 0.6 is 0 Å². The van der Waals surface area contributed by atoms with Gasteiger partial charge < -0.3 is 5.73 Å². The number of aromatic nitrogens is 3. The largest absolute Gasteiger partial charge is 0.398 e. The zero-order valence-corrected chi connectivity index (χ0v) is 12.0. The van der Waals surface area contributed by atoms with E-state index >= 15 is 0 Å². The molecule has 3 N–H and O–H groups in total. The second-order valence-electron chi connectivity index (χ2n) is 4.50. The number of benzene rings is 1. The van der Waals surface area contributed by atoms with Crippen LogP contribution in [-0.4, -0.2) is 23.2 Å². The first-order valence-corrected chi connectivity index (χ1v) is 7.61. The van der Waals surface area contributed by atoms with Crippen molar-refractivity contribution in [3.63, 3.8) is 0 Å². The van der Waals surface area contributed by atoms with Gasteiger partial charge >= 0.3 is 0 Å². The summed E-state index contributed by atoms with van der Waals surface area (Å²) in [4.78, 5) is 4.22. The van der Waals surface area contributed by atoms with E-state index in [-0.39, 0.29) is 4.90 Å². The van der Waals surface area contributed by atoms with Crippen molar-refractivity contribution in [2.75, 3.05) is 10.5 Å². The number of nitrogen functional groups attached to an aromatic ring is 1. The summed E-state index contributed by atoms with van der Waals surface area (Å²) < 4.78 is 29.0. The van der Waals surface area contributed by atoms with Crippen molar-refractivity contribution in [1.29, 1.82) is 0 Å². The van der Waals surface area contributed by atoms with Crippen LogP contribution in [0.15, 0.2) is 47.6 Å². The van der Waals surface area contributed by atoms with Crippen LogP contribution in [0.4, 0.5) is 11.5 Å². The minimum Gasteiger partial charge on any atom is -0.398 e. The van der Waals surface area contributed by atoms with Crippen LogP contribution in [0.2, 0.25) is 0 Å². The van der Waals surface area contributed by atoms with Crippen molar-refractivity contribution < 1.29 is 8.42 Å². The molecule has 0 spiro atoms. The van der Waals surface area contributed by atoms with Gasteiger partial charge in [-0.25, -0.2) is 8.42 Å². The molecule has 108 valence electrons. The number of fused-ring (bicyclic) bond motifs is 1. The standard InChI is InChI=1S/C13H13N5O2S/c1-18-12(6-8-16-18)17-21(19,20)11-5-4-10(14)9-3-2-7-15-13(9)11/h2-8,17H,14H2,1H3. The van der Waals surface area contributed by atoms with E-state index in [2.05, 4.69) is 14.8 Å². The van der Waals surface area contributed by atoms with E-state index in [1.165, 1.54) is 23.1 Å². The van der Waals surface area contributed by atoms with Gasteiger partial charge in [0.15, 0.2) is 0 Å². The Morgan fingerprint density at radius 3 is 2.71 bits per heavy atom. The Labute approximate surface area is 121 Å². The van der Waals surface area contributed by atoms with E-state index in [0.29, 0.717) is 22.4 Å². The van der Waals surface area contributed by atoms with Crippen molar-refractivity contribution in [2.45, 2.75) is 4.90 Å². The van der Waals surface area contributed by atoms with E-state index < -0.39 is 10.0 Å². The Morgan fingerprint density at radius 1 is 1.19 bits per heavy atom. The number of rotatable bonds is 3. The summed E-state index contributed by atoms with van der Waals surface area (Å²) in [7, 11) is -2.13. The lowest BCUT2D eigenvalue weighted by molar-refractivity contribution is 0.601. The van der Waals surface area contributed by atoms with Crippen molar-refractivity contribution in [2.24, 2.45) is 7.05 Å². The first-order valence-electron chi connectivity index (χ1n) is 6.13. The highest BCUT2D eigenvalue weighted by atomic mass is 32.2. The smallest absolute Gasteiger partial charge is 0.265 e. The summed E-state index contributed by atoms with van der Waals surface area (Å²) in [6.45, 7) is 0. The van der Waals surface area contributed by atoms with Gasteiger partial charge in [-0.2, -0.15) is 5.10 Å². The van der Waals surface area contributed by atoms with Crippen molar-refractivity contribution in [3.05, 3.63) is 42.7 Å². The molecule has 8 heteroatoms. The molecule has 0 saturated heterocycles. The predicted octanol–water partition coefficient (Wildman–Crippen LogP) is 1.35. The molecule has 0 fully saturated rings. The topological polar surface area (TPSA) is 103 Å². The molecule has 0 bridgehead atoms. The first kappa shape index (κ1) is 13.4. The van der Waals surface area contributed by atoms with E-state index in [4.69, 9.17) is 5.73 Å². The van der Waals surface area contributed by atoms with Gasteiger partial charge in [-0.05, 0) is 24.3 Å². The van der Waals surface area contributed by atoms with Crippen molar-refractivity contribution in [3.8, 4) is 0 Å². The highest BCUT2D eigenvalue weighted by Gasteiger charge is 2.20. The van der Waals surface area contributed by atoms with Gasteiger partial charge in [-0.15, -0.1) is 0 Å². The van der Waals surface area contributed by atoms with Gasteiger partial charge in [-0.1, -0.05) is 0 Å². The molecule has 0 atom stereocenters. The summed E-state index contributed by atoms with van der Waals surface area (Å²) in [6.07, 6.45) is 3.04. The second kappa shape index (κ2) is 4.74. The van der Waals surface area contributed by atoms with E-state index in [1.807, 2.05) is 0 Å². The molecule has 3 aromatic rings. The van der Waals surface area contributed by atoms with Crippen LogP contribution < -0.4 is 10.5 Å². The monoisotopic (exact) mass is 303 g/mol. The molecule has 0 aliphatic rings.